The maximum atomic E-state index is 12.2. The third-order valence-corrected chi connectivity index (χ3v) is 3.65. The van der Waals surface area contributed by atoms with Gasteiger partial charge < -0.3 is 14.9 Å². The second-order valence-electron chi connectivity index (χ2n) is 5.33. The van der Waals surface area contributed by atoms with Gasteiger partial charge in [0.1, 0.15) is 5.69 Å². The van der Waals surface area contributed by atoms with E-state index in [2.05, 4.69) is 15.5 Å². The molecule has 8 heteroatoms. The highest BCUT2D eigenvalue weighted by Gasteiger charge is 2.17. The SMILES string of the molecule is CCOC(=O)c1[nH]c2ccccc2c1/C=N\NC(=O)c1cc[n+]([O-])cc1. The summed E-state index contributed by atoms with van der Waals surface area (Å²) >= 11 is 0. The lowest BCUT2D eigenvalue weighted by Crippen LogP contribution is -2.26. The van der Waals surface area contributed by atoms with Crippen LogP contribution < -0.4 is 10.2 Å². The monoisotopic (exact) mass is 352 g/mol. The molecular formula is C18H16N4O4. The first kappa shape index (κ1) is 17.2. The van der Waals surface area contributed by atoms with Gasteiger partial charge in [0.05, 0.1) is 18.4 Å². The number of hydrogen-bond donors (Lipinski definition) is 2. The number of H-pyrrole nitrogens is 1. The van der Waals surface area contributed by atoms with Crippen LogP contribution in [0.2, 0.25) is 0 Å². The normalized spacial score (nSPS) is 11.0. The van der Waals surface area contributed by atoms with E-state index in [0.717, 1.165) is 10.9 Å². The largest absolute Gasteiger partial charge is 0.619 e. The number of aromatic amines is 1. The van der Waals surface area contributed by atoms with Crippen molar-refractivity contribution in [1.82, 2.24) is 10.4 Å². The summed E-state index contributed by atoms with van der Waals surface area (Å²) < 4.78 is 5.64. The van der Waals surface area contributed by atoms with E-state index in [4.69, 9.17) is 4.74 Å². The Kier molecular flexibility index (Phi) is 4.93. The number of hydrazone groups is 1. The van der Waals surface area contributed by atoms with Gasteiger partial charge in [-0.15, -0.1) is 0 Å². The number of esters is 1. The fraction of sp³-hybridized carbons (Fsp3) is 0.111. The summed E-state index contributed by atoms with van der Waals surface area (Å²) in [6.07, 6.45) is 3.83. The molecule has 1 amide bonds. The summed E-state index contributed by atoms with van der Waals surface area (Å²) in [7, 11) is 0. The van der Waals surface area contributed by atoms with Crippen molar-refractivity contribution in [2.24, 2.45) is 5.10 Å². The zero-order valence-electron chi connectivity index (χ0n) is 13.9. The number of fused-ring (bicyclic) bond motifs is 1. The molecule has 0 fully saturated rings. The van der Waals surface area contributed by atoms with Crippen molar-refractivity contribution in [2.45, 2.75) is 6.92 Å². The van der Waals surface area contributed by atoms with E-state index in [1.807, 2.05) is 24.3 Å². The molecule has 3 aromatic rings. The minimum absolute atomic E-state index is 0.245. The third kappa shape index (κ3) is 3.54. The summed E-state index contributed by atoms with van der Waals surface area (Å²) in [5.74, 6) is -0.973. The molecule has 2 heterocycles. The summed E-state index contributed by atoms with van der Waals surface area (Å²) in [6, 6.07) is 10.1. The maximum absolute atomic E-state index is 12.2. The molecule has 0 aliphatic rings. The average molecular weight is 352 g/mol. The Morgan fingerprint density at radius 2 is 2.00 bits per heavy atom. The molecule has 0 aliphatic carbocycles. The molecule has 2 aromatic heterocycles. The molecule has 0 atom stereocenters. The number of rotatable bonds is 5. The predicted molar refractivity (Wildman–Crippen MR) is 94.7 cm³/mol. The number of nitrogens with zero attached hydrogens (tertiary/aromatic N) is 2. The Hall–Kier alpha value is -3.68. The maximum Gasteiger partial charge on any atom is 0.355 e. The first-order valence-electron chi connectivity index (χ1n) is 7.90. The van der Waals surface area contributed by atoms with Gasteiger partial charge in [0, 0.05) is 28.6 Å². The van der Waals surface area contributed by atoms with Gasteiger partial charge in [-0.05, 0) is 13.0 Å². The average Bonchev–Trinajstić information content (AvgIpc) is 3.01. The van der Waals surface area contributed by atoms with E-state index >= 15 is 0 Å². The summed E-state index contributed by atoms with van der Waals surface area (Å²) in [5.41, 5.74) is 4.20. The van der Waals surface area contributed by atoms with Crippen molar-refractivity contribution in [3.63, 3.8) is 0 Å². The number of hydrogen-bond acceptors (Lipinski definition) is 5. The number of para-hydroxylation sites is 1. The first-order chi connectivity index (χ1) is 12.6. The van der Waals surface area contributed by atoms with Crippen LogP contribution in [0.1, 0.15) is 33.3 Å². The molecule has 2 N–H and O–H groups in total. The minimum atomic E-state index is -0.500. The van der Waals surface area contributed by atoms with Crippen LogP contribution >= 0.6 is 0 Å². The van der Waals surface area contributed by atoms with Crippen LogP contribution in [0.15, 0.2) is 53.9 Å². The van der Waals surface area contributed by atoms with Crippen molar-refractivity contribution in [3.8, 4) is 0 Å². The molecule has 0 radical (unpaired) electrons. The van der Waals surface area contributed by atoms with E-state index in [1.54, 1.807) is 6.92 Å². The molecule has 8 nitrogen and oxygen atoms in total. The van der Waals surface area contributed by atoms with Crippen molar-refractivity contribution in [1.29, 1.82) is 0 Å². The van der Waals surface area contributed by atoms with Crippen molar-refractivity contribution < 1.29 is 19.1 Å². The Morgan fingerprint density at radius 3 is 2.73 bits per heavy atom. The van der Waals surface area contributed by atoms with Crippen LogP contribution in [0.4, 0.5) is 0 Å². The van der Waals surface area contributed by atoms with E-state index in [1.165, 1.54) is 30.7 Å². The van der Waals surface area contributed by atoms with Crippen LogP contribution in [0.25, 0.3) is 10.9 Å². The minimum Gasteiger partial charge on any atom is -0.619 e. The highest BCUT2D eigenvalue weighted by Crippen LogP contribution is 2.21. The van der Waals surface area contributed by atoms with Crippen LogP contribution in [0, 0.1) is 5.21 Å². The Labute approximate surface area is 148 Å². The van der Waals surface area contributed by atoms with Gasteiger partial charge in [0.2, 0.25) is 0 Å². The molecule has 0 saturated heterocycles. The highest BCUT2D eigenvalue weighted by atomic mass is 16.5. The van der Waals surface area contributed by atoms with Gasteiger partial charge >= 0.3 is 5.97 Å². The van der Waals surface area contributed by atoms with Crippen LogP contribution in [-0.2, 0) is 4.74 Å². The van der Waals surface area contributed by atoms with Crippen LogP contribution in [0.3, 0.4) is 0 Å². The van der Waals surface area contributed by atoms with E-state index < -0.39 is 11.9 Å². The molecular weight excluding hydrogens is 336 g/mol. The number of ether oxygens (including phenoxy) is 1. The Morgan fingerprint density at radius 1 is 1.27 bits per heavy atom. The molecule has 0 saturated carbocycles. The summed E-state index contributed by atoms with van der Waals surface area (Å²) in [5, 5.41) is 15.7. The molecule has 132 valence electrons. The van der Waals surface area contributed by atoms with Crippen molar-refractivity contribution in [2.75, 3.05) is 6.61 Å². The zero-order chi connectivity index (χ0) is 18.5. The standard InChI is InChI=1S/C18H16N4O4/c1-2-26-18(24)16-14(13-5-3-4-6-15(13)20-16)11-19-21-17(23)12-7-9-22(25)10-8-12/h3-11,20H,2H2,1H3,(H,21,23)/b19-11-. The van der Waals surface area contributed by atoms with Crippen LogP contribution in [-0.4, -0.2) is 29.7 Å². The fourth-order valence-electron chi connectivity index (χ4n) is 2.45. The molecule has 0 aliphatic heterocycles. The lowest BCUT2D eigenvalue weighted by molar-refractivity contribution is -0.605. The number of benzene rings is 1. The Bertz CT molecular complexity index is 977. The number of carbonyl (C=O) groups is 2. The topological polar surface area (TPSA) is 110 Å². The van der Waals surface area contributed by atoms with Gasteiger partial charge in [0.15, 0.2) is 12.4 Å². The zero-order valence-corrected chi connectivity index (χ0v) is 13.9. The third-order valence-electron chi connectivity index (χ3n) is 3.65. The van der Waals surface area contributed by atoms with Crippen LogP contribution in [0.5, 0.6) is 0 Å². The van der Waals surface area contributed by atoms with Gasteiger partial charge in [0.25, 0.3) is 5.91 Å². The predicted octanol–water partition coefficient (Wildman–Crippen LogP) is 1.74. The Balaban J connectivity index is 1.86. The molecule has 0 bridgehead atoms. The number of amides is 1. The van der Waals surface area contributed by atoms with Gasteiger partial charge in [-0.3, -0.25) is 4.79 Å². The van der Waals surface area contributed by atoms with E-state index in [9.17, 15) is 14.8 Å². The van der Waals surface area contributed by atoms with E-state index in [-0.39, 0.29) is 12.3 Å². The lowest BCUT2D eigenvalue weighted by Gasteiger charge is -2.01. The van der Waals surface area contributed by atoms with Gasteiger partial charge in [-0.1, -0.05) is 18.2 Å². The van der Waals surface area contributed by atoms with Gasteiger partial charge in [-0.25, -0.2) is 10.2 Å². The number of pyridine rings is 1. The summed E-state index contributed by atoms with van der Waals surface area (Å²) in [6.45, 7) is 1.97. The highest BCUT2D eigenvalue weighted by molar-refractivity contribution is 6.09. The molecule has 1 aromatic carbocycles. The van der Waals surface area contributed by atoms with Crippen molar-refractivity contribution >= 4 is 29.0 Å². The number of aromatic nitrogens is 2. The second-order valence-corrected chi connectivity index (χ2v) is 5.33. The van der Waals surface area contributed by atoms with Gasteiger partial charge in [-0.2, -0.15) is 9.83 Å². The smallest absolute Gasteiger partial charge is 0.355 e. The molecule has 3 rings (SSSR count). The number of carbonyl (C=O) groups excluding carboxylic acids is 2. The fourth-order valence-corrected chi connectivity index (χ4v) is 2.45. The number of nitrogens with one attached hydrogen (secondary N) is 2. The quantitative estimate of drug-likeness (QED) is 0.239. The second kappa shape index (κ2) is 7.47. The first-order valence-corrected chi connectivity index (χ1v) is 7.90. The molecule has 0 spiro atoms. The van der Waals surface area contributed by atoms with Crippen molar-refractivity contribution in [3.05, 3.63) is 70.8 Å². The van der Waals surface area contributed by atoms with E-state index in [0.29, 0.717) is 15.9 Å². The molecule has 0 unspecified atom stereocenters. The lowest BCUT2D eigenvalue weighted by atomic mass is 10.1. The molecule has 26 heavy (non-hydrogen) atoms. The summed E-state index contributed by atoms with van der Waals surface area (Å²) in [4.78, 5) is 27.2.